The third-order valence-electron chi connectivity index (χ3n) is 0.682. The minimum atomic E-state index is -0.535. The molecule has 0 unspecified atom stereocenters. The lowest BCUT2D eigenvalue weighted by Crippen LogP contribution is -1.90. The van der Waals surface area contributed by atoms with Crippen LogP contribution in [0.15, 0.2) is 18.5 Å². The predicted octanol–water partition coefficient (Wildman–Crippen LogP) is 1.84. The average molecular weight is 130 g/mol. The lowest BCUT2D eigenvalue weighted by molar-refractivity contribution is 0.350. The Morgan fingerprint density at radius 1 is 1.56 bits per heavy atom. The molecule has 0 fully saturated rings. The molecule has 0 aromatic carbocycles. The van der Waals surface area contributed by atoms with Crippen LogP contribution >= 0.6 is 0 Å². The van der Waals surface area contributed by atoms with Crippen LogP contribution in [-0.2, 0) is 6.80 Å². The van der Waals surface area contributed by atoms with Crippen molar-refractivity contribution in [2.45, 2.75) is 20.6 Å². The first-order valence-corrected chi connectivity index (χ1v) is 2.97. The van der Waals surface area contributed by atoms with Gasteiger partial charge in [0.25, 0.3) is 0 Å². The van der Waals surface area contributed by atoms with Crippen molar-refractivity contribution in [3.63, 3.8) is 0 Å². The van der Waals surface area contributed by atoms with E-state index in [4.69, 9.17) is 0 Å². The van der Waals surface area contributed by atoms with E-state index in [0.717, 1.165) is 0 Å². The Morgan fingerprint density at radius 2 is 2.22 bits per heavy atom. The maximum atomic E-state index is 11.5. The lowest BCUT2D eigenvalue weighted by Gasteiger charge is -1.84. The predicted molar refractivity (Wildman–Crippen MR) is 34.7 cm³/mol. The molecule has 3 heteroatoms. The van der Waals surface area contributed by atoms with Crippen molar-refractivity contribution >= 4 is 0 Å². The van der Waals surface area contributed by atoms with Gasteiger partial charge in [0.2, 0.25) is 0 Å². The van der Waals surface area contributed by atoms with Crippen molar-refractivity contribution in [3.05, 3.63) is 18.5 Å². The normalized spacial score (nSPS) is 7.89. The van der Waals surface area contributed by atoms with Crippen molar-refractivity contribution in [3.8, 4) is 0 Å². The molecule has 0 saturated carbocycles. The van der Waals surface area contributed by atoms with Gasteiger partial charge in [-0.25, -0.2) is 9.07 Å². The van der Waals surface area contributed by atoms with Crippen LogP contribution in [0.25, 0.3) is 0 Å². The zero-order chi connectivity index (χ0) is 7.11. The Balaban J connectivity index is 0.000000291. The Labute approximate surface area is 54.3 Å². The minimum Gasteiger partial charge on any atom is -0.242 e. The van der Waals surface area contributed by atoms with Gasteiger partial charge in [0, 0.05) is 12.4 Å². The second kappa shape index (κ2) is 5.28. The van der Waals surface area contributed by atoms with Crippen molar-refractivity contribution in [2.24, 2.45) is 0 Å². The van der Waals surface area contributed by atoms with Crippen molar-refractivity contribution in [1.29, 1.82) is 0 Å². The van der Waals surface area contributed by atoms with Gasteiger partial charge >= 0.3 is 0 Å². The molecule has 0 N–H and O–H groups in total. The molecule has 0 atom stereocenters. The maximum Gasteiger partial charge on any atom is 0.181 e. The smallest absolute Gasteiger partial charge is 0.181 e. The molecule has 52 valence electrons. The largest absolute Gasteiger partial charge is 0.242 e. The topological polar surface area (TPSA) is 17.8 Å². The lowest BCUT2D eigenvalue weighted by atomic mass is 10.8. The third-order valence-corrected chi connectivity index (χ3v) is 0.682. The SMILES string of the molecule is CC.FCn1cccn1. The molecule has 0 saturated heterocycles. The Morgan fingerprint density at radius 3 is 2.44 bits per heavy atom. The van der Waals surface area contributed by atoms with E-state index in [9.17, 15) is 4.39 Å². The number of alkyl halides is 1. The average Bonchev–Trinajstić information content (AvgIpc) is 2.43. The summed E-state index contributed by atoms with van der Waals surface area (Å²) in [4.78, 5) is 0. The molecule has 0 spiro atoms. The van der Waals surface area contributed by atoms with Crippen LogP contribution in [0.4, 0.5) is 4.39 Å². The number of halogens is 1. The Hall–Kier alpha value is -0.860. The Kier molecular flexibility index (Phi) is 4.78. The molecule has 1 aromatic heterocycles. The van der Waals surface area contributed by atoms with Gasteiger partial charge in [-0.15, -0.1) is 0 Å². The van der Waals surface area contributed by atoms with E-state index >= 15 is 0 Å². The van der Waals surface area contributed by atoms with E-state index < -0.39 is 6.80 Å². The van der Waals surface area contributed by atoms with Crippen molar-refractivity contribution in [2.75, 3.05) is 0 Å². The van der Waals surface area contributed by atoms with Gasteiger partial charge < -0.3 is 0 Å². The summed E-state index contributed by atoms with van der Waals surface area (Å²) in [6.45, 7) is 3.47. The zero-order valence-corrected chi connectivity index (χ0v) is 5.71. The van der Waals surface area contributed by atoms with Crippen LogP contribution in [0.2, 0.25) is 0 Å². The van der Waals surface area contributed by atoms with E-state index in [-0.39, 0.29) is 0 Å². The van der Waals surface area contributed by atoms with Gasteiger partial charge in [0.05, 0.1) is 0 Å². The highest BCUT2D eigenvalue weighted by molar-refractivity contribution is 4.76. The molecule has 0 aliphatic rings. The first kappa shape index (κ1) is 8.14. The van der Waals surface area contributed by atoms with Crippen molar-refractivity contribution < 1.29 is 4.39 Å². The second-order valence-corrected chi connectivity index (χ2v) is 1.17. The summed E-state index contributed by atoms with van der Waals surface area (Å²) >= 11 is 0. The standard InChI is InChI=1S/C4H5FN2.C2H6/c5-4-7-3-1-2-6-7;1-2/h1-3H,4H2;1-2H3. The van der Waals surface area contributed by atoms with Gasteiger partial charge in [-0.2, -0.15) is 5.10 Å². The van der Waals surface area contributed by atoms with E-state index in [1.807, 2.05) is 13.8 Å². The van der Waals surface area contributed by atoms with Crippen LogP contribution in [0.5, 0.6) is 0 Å². The molecule has 0 amide bonds. The molecule has 1 rings (SSSR count). The summed E-state index contributed by atoms with van der Waals surface area (Å²) in [6, 6.07) is 1.68. The summed E-state index contributed by atoms with van der Waals surface area (Å²) in [7, 11) is 0. The van der Waals surface area contributed by atoms with Crippen LogP contribution in [0, 0.1) is 0 Å². The van der Waals surface area contributed by atoms with Crippen LogP contribution in [0.1, 0.15) is 13.8 Å². The summed E-state index contributed by atoms with van der Waals surface area (Å²) in [5.41, 5.74) is 0. The number of rotatable bonds is 1. The fraction of sp³-hybridized carbons (Fsp3) is 0.500. The van der Waals surface area contributed by atoms with Gasteiger partial charge in [-0.05, 0) is 6.07 Å². The van der Waals surface area contributed by atoms with Crippen LogP contribution in [0.3, 0.4) is 0 Å². The number of hydrogen-bond acceptors (Lipinski definition) is 1. The highest BCUT2D eigenvalue weighted by atomic mass is 19.1. The van der Waals surface area contributed by atoms with Gasteiger partial charge in [0.15, 0.2) is 6.80 Å². The first-order valence-electron chi connectivity index (χ1n) is 2.97. The first-order chi connectivity index (χ1) is 4.43. The third kappa shape index (κ3) is 2.85. The number of nitrogens with zero attached hydrogens (tertiary/aromatic N) is 2. The van der Waals surface area contributed by atoms with E-state index in [0.29, 0.717) is 0 Å². The second-order valence-electron chi connectivity index (χ2n) is 1.17. The maximum absolute atomic E-state index is 11.5. The fourth-order valence-corrected chi connectivity index (χ4v) is 0.371. The molecule has 0 bridgehead atoms. The molecule has 2 nitrogen and oxygen atoms in total. The fourth-order valence-electron chi connectivity index (χ4n) is 0.371. The molecule has 1 heterocycles. The summed E-state index contributed by atoms with van der Waals surface area (Å²) in [5.74, 6) is 0. The minimum absolute atomic E-state index is 0.535. The summed E-state index contributed by atoms with van der Waals surface area (Å²) < 4.78 is 12.7. The van der Waals surface area contributed by atoms with Crippen LogP contribution < -0.4 is 0 Å². The molecule has 0 aliphatic carbocycles. The molecule has 1 aromatic rings. The van der Waals surface area contributed by atoms with E-state index in [1.54, 1.807) is 18.5 Å². The number of hydrogen-bond donors (Lipinski definition) is 0. The van der Waals surface area contributed by atoms with E-state index in [2.05, 4.69) is 5.10 Å². The van der Waals surface area contributed by atoms with Crippen molar-refractivity contribution in [1.82, 2.24) is 9.78 Å². The highest BCUT2D eigenvalue weighted by Gasteiger charge is 1.80. The zero-order valence-electron chi connectivity index (χ0n) is 5.71. The molecule has 0 aliphatic heterocycles. The molecular weight excluding hydrogens is 119 g/mol. The molecule has 9 heavy (non-hydrogen) atoms. The highest BCUT2D eigenvalue weighted by Crippen LogP contribution is 1.81. The summed E-state index contributed by atoms with van der Waals surface area (Å²) in [5, 5.41) is 3.58. The van der Waals surface area contributed by atoms with Gasteiger partial charge in [-0.3, -0.25) is 0 Å². The van der Waals surface area contributed by atoms with Gasteiger partial charge in [0.1, 0.15) is 0 Å². The van der Waals surface area contributed by atoms with Gasteiger partial charge in [-0.1, -0.05) is 13.8 Å². The monoisotopic (exact) mass is 130 g/mol. The van der Waals surface area contributed by atoms with E-state index in [1.165, 1.54) is 4.68 Å². The molecule has 0 radical (unpaired) electrons. The number of aromatic nitrogens is 2. The van der Waals surface area contributed by atoms with Crippen LogP contribution in [-0.4, -0.2) is 9.78 Å². The Bertz CT molecular complexity index is 126. The quantitative estimate of drug-likeness (QED) is 0.567. The summed E-state index contributed by atoms with van der Waals surface area (Å²) in [6.07, 6.45) is 3.11. The molecular formula is C6H11FN2.